The van der Waals surface area contributed by atoms with Gasteiger partial charge in [0.15, 0.2) is 0 Å². The fourth-order valence-electron chi connectivity index (χ4n) is 2.55. The standard InChI is InChI=1S/C20H22N4O/c1-16-14-24(15-23-16)19-9-7-18(8-10-19)22-13-20(25)21-12-11-17-5-3-2-4-6-17/h2-10,14-15,22H,11-13H2,1H3,(H,21,25). The van der Waals surface area contributed by atoms with Crippen molar-refractivity contribution < 1.29 is 4.79 Å². The van der Waals surface area contributed by atoms with Gasteiger partial charge in [-0.1, -0.05) is 30.3 Å². The summed E-state index contributed by atoms with van der Waals surface area (Å²) in [6, 6.07) is 18.0. The van der Waals surface area contributed by atoms with Gasteiger partial charge in [0.05, 0.1) is 18.6 Å². The number of rotatable bonds is 7. The molecule has 0 saturated carbocycles. The maximum absolute atomic E-state index is 11.9. The first-order chi connectivity index (χ1) is 12.2. The van der Waals surface area contributed by atoms with Gasteiger partial charge in [0.2, 0.25) is 5.91 Å². The third-order valence-electron chi connectivity index (χ3n) is 3.91. The number of aryl methyl sites for hydroxylation is 1. The van der Waals surface area contributed by atoms with Gasteiger partial charge >= 0.3 is 0 Å². The van der Waals surface area contributed by atoms with Crippen LogP contribution in [0.25, 0.3) is 5.69 Å². The smallest absolute Gasteiger partial charge is 0.239 e. The van der Waals surface area contributed by atoms with E-state index in [9.17, 15) is 4.79 Å². The van der Waals surface area contributed by atoms with Crippen LogP contribution in [-0.2, 0) is 11.2 Å². The molecule has 5 nitrogen and oxygen atoms in total. The molecule has 1 heterocycles. The molecule has 1 aromatic heterocycles. The second-order valence-corrected chi connectivity index (χ2v) is 5.91. The minimum atomic E-state index is -0.00904. The molecule has 25 heavy (non-hydrogen) atoms. The van der Waals surface area contributed by atoms with E-state index in [1.807, 2.05) is 60.2 Å². The van der Waals surface area contributed by atoms with Gasteiger partial charge in [-0.2, -0.15) is 0 Å². The Balaban J connectivity index is 1.42. The van der Waals surface area contributed by atoms with Crippen LogP contribution in [0.15, 0.2) is 67.1 Å². The number of carbonyl (C=O) groups excluding carboxylic acids is 1. The molecule has 0 saturated heterocycles. The van der Waals surface area contributed by atoms with Crippen LogP contribution in [0.5, 0.6) is 0 Å². The highest BCUT2D eigenvalue weighted by atomic mass is 16.1. The van der Waals surface area contributed by atoms with Crippen LogP contribution in [0.3, 0.4) is 0 Å². The summed E-state index contributed by atoms with van der Waals surface area (Å²) in [7, 11) is 0. The zero-order valence-electron chi connectivity index (χ0n) is 14.3. The largest absolute Gasteiger partial charge is 0.376 e. The summed E-state index contributed by atoms with van der Waals surface area (Å²) >= 11 is 0. The third-order valence-corrected chi connectivity index (χ3v) is 3.91. The first-order valence-corrected chi connectivity index (χ1v) is 8.36. The average molecular weight is 334 g/mol. The zero-order valence-corrected chi connectivity index (χ0v) is 14.3. The molecule has 5 heteroatoms. The topological polar surface area (TPSA) is 59.0 Å². The summed E-state index contributed by atoms with van der Waals surface area (Å²) in [5.41, 5.74) is 4.16. The number of nitrogens with one attached hydrogen (secondary N) is 2. The molecule has 0 aliphatic heterocycles. The molecule has 2 aromatic carbocycles. The molecule has 1 amide bonds. The molecule has 0 spiro atoms. The molecular weight excluding hydrogens is 312 g/mol. The predicted molar refractivity (Wildman–Crippen MR) is 99.9 cm³/mol. The summed E-state index contributed by atoms with van der Waals surface area (Å²) in [5, 5.41) is 6.07. The fourth-order valence-corrected chi connectivity index (χ4v) is 2.55. The van der Waals surface area contributed by atoms with Crippen molar-refractivity contribution in [2.24, 2.45) is 0 Å². The Morgan fingerprint density at radius 3 is 2.52 bits per heavy atom. The maximum Gasteiger partial charge on any atom is 0.239 e. The molecule has 0 radical (unpaired) electrons. The summed E-state index contributed by atoms with van der Waals surface area (Å²) in [5.74, 6) is -0.00904. The first-order valence-electron chi connectivity index (χ1n) is 8.36. The number of anilines is 1. The van der Waals surface area contributed by atoms with Crippen molar-refractivity contribution in [1.29, 1.82) is 0 Å². The fraction of sp³-hybridized carbons (Fsp3) is 0.200. The molecule has 3 aromatic rings. The molecule has 0 fully saturated rings. The molecule has 0 atom stereocenters. The van der Waals surface area contributed by atoms with E-state index in [1.165, 1.54) is 5.56 Å². The number of benzene rings is 2. The minimum Gasteiger partial charge on any atom is -0.376 e. The van der Waals surface area contributed by atoms with E-state index in [0.717, 1.165) is 23.5 Å². The highest BCUT2D eigenvalue weighted by Gasteiger charge is 2.02. The zero-order chi connectivity index (χ0) is 17.5. The highest BCUT2D eigenvalue weighted by Crippen LogP contribution is 2.13. The second kappa shape index (κ2) is 8.15. The van der Waals surface area contributed by atoms with Crippen LogP contribution < -0.4 is 10.6 Å². The lowest BCUT2D eigenvalue weighted by Crippen LogP contribution is -2.31. The number of imidazole rings is 1. The van der Waals surface area contributed by atoms with Crippen LogP contribution in [0.2, 0.25) is 0 Å². The Hall–Kier alpha value is -3.08. The van der Waals surface area contributed by atoms with Gasteiger partial charge in [-0.05, 0) is 43.2 Å². The van der Waals surface area contributed by atoms with Crippen molar-refractivity contribution in [2.75, 3.05) is 18.4 Å². The number of aromatic nitrogens is 2. The number of amides is 1. The Kier molecular flexibility index (Phi) is 5.46. The van der Waals surface area contributed by atoms with E-state index in [4.69, 9.17) is 0 Å². The summed E-state index contributed by atoms with van der Waals surface area (Å²) in [6.45, 7) is 2.87. The Morgan fingerprint density at radius 1 is 1.08 bits per heavy atom. The van der Waals surface area contributed by atoms with E-state index in [-0.39, 0.29) is 12.5 Å². The van der Waals surface area contributed by atoms with Crippen LogP contribution in [0.4, 0.5) is 5.69 Å². The van der Waals surface area contributed by atoms with Gasteiger partial charge in [0.25, 0.3) is 0 Å². The summed E-state index contributed by atoms with van der Waals surface area (Å²) < 4.78 is 1.97. The van der Waals surface area contributed by atoms with Crippen molar-refractivity contribution in [3.05, 3.63) is 78.4 Å². The van der Waals surface area contributed by atoms with Gasteiger partial charge in [-0.15, -0.1) is 0 Å². The quantitative estimate of drug-likeness (QED) is 0.698. The van der Waals surface area contributed by atoms with Crippen LogP contribution in [0.1, 0.15) is 11.3 Å². The van der Waals surface area contributed by atoms with Crippen molar-refractivity contribution in [1.82, 2.24) is 14.9 Å². The van der Waals surface area contributed by atoms with Gasteiger partial charge in [0.1, 0.15) is 0 Å². The first kappa shape index (κ1) is 16.8. The van der Waals surface area contributed by atoms with Gasteiger partial charge in [-0.25, -0.2) is 4.98 Å². The number of hydrogen-bond donors (Lipinski definition) is 2. The number of nitrogens with zero attached hydrogens (tertiary/aromatic N) is 2. The molecule has 0 bridgehead atoms. The Labute approximate surface area is 147 Å². The maximum atomic E-state index is 11.9. The number of carbonyl (C=O) groups is 1. The highest BCUT2D eigenvalue weighted by molar-refractivity contribution is 5.80. The lowest BCUT2D eigenvalue weighted by atomic mass is 10.1. The normalized spacial score (nSPS) is 10.4. The second-order valence-electron chi connectivity index (χ2n) is 5.91. The van der Waals surface area contributed by atoms with Crippen molar-refractivity contribution in [2.45, 2.75) is 13.3 Å². The minimum absolute atomic E-state index is 0.00904. The average Bonchev–Trinajstić information content (AvgIpc) is 3.08. The van der Waals surface area contributed by atoms with Gasteiger partial charge < -0.3 is 15.2 Å². The number of hydrogen-bond acceptors (Lipinski definition) is 3. The third kappa shape index (κ3) is 4.94. The molecule has 3 rings (SSSR count). The van der Waals surface area contributed by atoms with Crippen molar-refractivity contribution in [3.8, 4) is 5.69 Å². The van der Waals surface area contributed by atoms with E-state index < -0.39 is 0 Å². The monoisotopic (exact) mass is 334 g/mol. The Morgan fingerprint density at radius 2 is 1.84 bits per heavy atom. The lowest BCUT2D eigenvalue weighted by molar-refractivity contribution is -0.119. The van der Waals surface area contributed by atoms with E-state index in [1.54, 1.807) is 6.33 Å². The molecule has 0 aliphatic carbocycles. The van der Waals surface area contributed by atoms with Crippen LogP contribution in [-0.4, -0.2) is 28.5 Å². The van der Waals surface area contributed by atoms with Gasteiger partial charge in [0, 0.05) is 24.1 Å². The van der Waals surface area contributed by atoms with Crippen molar-refractivity contribution in [3.63, 3.8) is 0 Å². The lowest BCUT2D eigenvalue weighted by Gasteiger charge is -2.09. The Bertz CT molecular complexity index is 809. The molecule has 128 valence electrons. The molecule has 2 N–H and O–H groups in total. The molecular formula is C20H22N4O. The summed E-state index contributed by atoms with van der Waals surface area (Å²) in [6.07, 6.45) is 4.60. The molecule has 0 aliphatic rings. The predicted octanol–water partition coefficient (Wildman–Crippen LogP) is 2.95. The summed E-state index contributed by atoms with van der Waals surface area (Å²) in [4.78, 5) is 16.1. The van der Waals surface area contributed by atoms with Crippen molar-refractivity contribution >= 4 is 11.6 Å². The van der Waals surface area contributed by atoms with Crippen LogP contribution in [0, 0.1) is 6.92 Å². The van der Waals surface area contributed by atoms with E-state index in [2.05, 4.69) is 27.8 Å². The van der Waals surface area contributed by atoms with E-state index in [0.29, 0.717) is 6.54 Å². The van der Waals surface area contributed by atoms with Gasteiger partial charge in [-0.3, -0.25) is 4.79 Å². The SMILES string of the molecule is Cc1cn(-c2ccc(NCC(=O)NCCc3ccccc3)cc2)cn1. The molecule has 0 unspecified atom stereocenters. The van der Waals surface area contributed by atoms with Crippen LogP contribution >= 0.6 is 0 Å². The van der Waals surface area contributed by atoms with E-state index >= 15 is 0 Å².